The first-order valence-corrected chi connectivity index (χ1v) is 9.04. The van der Waals surface area contributed by atoms with Crippen molar-refractivity contribution in [3.8, 4) is 39.9 Å². The van der Waals surface area contributed by atoms with Gasteiger partial charge < -0.3 is 0 Å². The van der Waals surface area contributed by atoms with Gasteiger partial charge in [-0.25, -0.2) is 19.3 Å². The fourth-order valence-corrected chi connectivity index (χ4v) is 3.04. The summed E-state index contributed by atoms with van der Waals surface area (Å²) in [6.07, 6.45) is 6.23. The Morgan fingerprint density at radius 2 is 1.63 bits per heavy atom. The van der Waals surface area contributed by atoms with Crippen LogP contribution in [0.3, 0.4) is 0 Å². The van der Waals surface area contributed by atoms with Crippen LogP contribution in [-0.4, -0.2) is 40.1 Å². The number of hydrogen-bond acceptors (Lipinski definition) is 7. The predicted octanol–water partition coefficient (Wildman–Crippen LogP) is 3.38. The molecule has 0 aliphatic carbocycles. The molecular weight excluding hydrogens is 383 g/mol. The molecular formula is C21H13FN8. The van der Waals surface area contributed by atoms with Gasteiger partial charge in [0.1, 0.15) is 11.5 Å². The van der Waals surface area contributed by atoms with Gasteiger partial charge >= 0.3 is 0 Å². The van der Waals surface area contributed by atoms with Crippen LogP contribution in [0.25, 0.3) is 39.9 Å². The lowest BCUT2D eigenvalue weighted by Gasteiger charge is -2.11. The standard InChI is InChI=1S/C21H13FN8/c22-17-9-5-4-8-15(17)19-16(12-25-20(26-19)18-13-23-10-11-24-18)21-27-28-29-30(21)14-6-2-1-3-7-14/h1-13H. The van der Waals surface area contributed by atoms with Crippen LogP contribution >= 0.6 is 0 Å². The highest BCUT2D eigenvalue weighted by Gasteiger charge is 2.21. The molecule has 8 nitrogen and oxygen atoms in total. The van der Waals surface area contributed by atoms with E-state index >= 15 is 0 Å². The van der Waals surface area contributed by atoms with E-state index < -0.39 is 5.82 Å². The molecule has 0 spiro atoms. The largest absolute Gasteiger partial charge is 0.261 e. The number of nitrogens with zero attached hydrogens (tertiary/aromatic N) is 8. The first-order chi connectivity index (χ1) is 14.8. The Balaban J connectivity index is 1.74. The maximum atomic E-state index is 14.7. The molecule has 3 heterocycles. The lowest BCUT2D eigenvalue weighted by Crippen LogP contribution is -2.04. The van der Waals surface area contributed by atoms with Gasteiger partial charge in [0.2, 0.25) is 0 Å². The summed E-state index contributed by atoms with van der Waals surface area (Å²) >= 11 is 0. The predicted molar refractivity (Wildman–Crippen MR) is 107 cm³/mol. The van der Waals surface area contributed by atoms with Crippen molar-refractivity contribution in [2.45, 2.75) is 0 Å². The third kappa shape index (κ3) is 3.18. The van der Waals surface area contributed by atoms with Crippen molar-refractivity contribution in [2.24, 2.45) is 0 Å². The van der Waals surface area contributed by atoms with Crippen LogP contribution in [0.1, 0.15) is 0 Å². The van der Waals surface area contributed by atoms with Gasteiger partial charge in [0, 0.05) is 24.2 Å². The van der Waals surface area contributed by atoms with Crippen LogP contribution in [-0.2, 0) is 0 Å². The molecule has 0 N–H and O–H groups in total. The molecule has 0 saturated heterocycles. The molecule has 2 aromatic carbocycles. The van der Waals surface area contributed by atoms with Crippen LogP contribution < -0.4 is 0 Å². The lowest BCUT2D eigenvalue weighted by atomic mass is 10.1. The Morgan fingerprint density at radius 3 is 2.43 bits per heavy atom. The highest BCUT2D eigenvalue weighted by Crippen LogP contribution is 2.32. The molecule has 0 aliphatic rings. The van der Waals surface area contributed by atoms with E-state index in [1.807, 2.05) is 30.3 Å². The first kappa shape index (κ1) is 17.7. The van der Waals surface area contributed by atoms with E-state index in [1.165, 1.54) is 6.07 Å². The minimum absolute atomic E-state index is 0.308. The quantitative estimate of drug-likeness (QED) is 0.459. The van der Waals surface area contributed by atoms with Crippen molar-refractivity contribution in [1.29, 1.82) is 0 Å². The third-order valence-electron chi connectivity index (χ3n) is 4.42. The highest BCUT2D eigenvalue weighted by molar-refractivity contribution is 5.79. The average Bonchev–Trinajstić information content (AvgIpc) is 3.30. The molecule has 5 rings (SSSR count). The van der Waals surface area contributed by atoms with Gasteiger partial charge in [-0.2, -0.15) is 4.68 Å². The van der Waals surface area contributed by atoms with Crippen molar-refractivity contribution < 1.29 is 4.39 Å². The molecule has 144 valence electrons. The summed E-state index contributed by atoms with van der Waals surface area (Å²) in [7, 11) is 0. The average molecular weight is 396 g/mol. The second-order valence-corrected chi connectivity index (χ2v) is 6.28. The van der Waals surface area contributed by atoms with Crippen molar-refractivity contribution in [1.82, 2.24) is 40.1 Å². The van der Waals surface area contributed by atoms with Crippen molar-refractivity contribution in [3.63, 3.8) is 0 Å². The van der Waals surface area contributed by atoms with E-state index in [0.29, 0.717) is 34.2 Å². The molecule has 0 atom stereocenters. The minimum atomic E-state index is -0.415. The number of tetrazole rings is 1. The Morgan fingerprint density at radius 1 is 0.800 bits per heavy atom. The summed E-state index contributed by atoms with van der Waals surface area (Å²) in [6, 6.07) is 15.8. The summed E-state index contributed by atoms with van der Waals surface area (Å²) in [6.45, 7) is 0. The number of rotatable bonds is 4. The highest BCUT2D eigenvalue weighted by atomic mass is 19.1. The first-order valence-electron chi connectivity index (χ1n) is 9.04. The van der Waals surface area contributed by atoms with Crippen molar-refractivity contribution in [3.05, 3.63) is 85.2 Å². The Hall–Kier alpha value is -4.40. The van der Waals surface area contributed by atoms with Crippen LogP contribution in [0.4, 0.5) is 4.39 Å². The van der Waals surface area contributed by atoms with Gasteiger partial charge in [0.05, 0.1) is 23.1 Å². The second-order valence-electron chi connectivity index (χ2n) is 6.28. The van der Waals surface area contributed by atoms with Crippen molar-refractivity contribution >= 4 is 0 Å². The Labute approximate surface area is 170 Å². The van der Waals surface area contributed by atoms with Gasteiger partial charge in [-0.15, -0.1) is 5.10 Å². The Kier molecular flexibility index (Phi) is 4.45. The number of para-hydroxylation sites is 1. The molecule has 30 heavy (non-hydrogen) atoms. The zero-order valence-electron chi connectivity index (χ0n) is 15.5. The monoisotopic (exact) mass is 396 g/mol. The molecule has 5 aromatic rings. The van der Waals surface area contributed by atoms with E-state index in [4.69, 9.17) is 0 Å². The molecule has 0 amide bonds. The third-order valence-corrected chi connectivity index (χ3v) is 4.42. The van der Waals surface area contributed by atoms with E-state index in [0.717, 1.165) is 5.69 Å². The van der Waals surface area contributed by atoms with Gasteiger partial charge in [-0.1, -0.05) is 30.3 Å². The molecule has 0 radical (unpaired) electrons. The van der Waals surface area contributed by atoms with Crippen molar-refractivity contribution in [2.75, 3.05) is 0 Å². The molecule has 0 unspecified atom stereocenters. The molecule has 0 saturated carbocycles. The van der Waals surface area contributed by atoms with Crippen LogP contribution in [0.15, 0.2) is 79.4 Å². The van der Waals surface area contributed by atoms with Gasteiger partial charge in [0.15, 0.2) is 11.6 Å². The molecule has 3 aromatic heterocycles. The van der Waals surface area contributed by atoms with Gasteiger partial charge in [0.25, 0.3) is 0 Å². The van der Waals surface area contributed by atoms with E-state index in [9.17, 15) is 4.39 Å². The normalized spacial score (nSPS) is 10.8. The zero-order valence-corrected chi connectivity index (χ0v) is 15.5. The number of aromatic nitrogens is 8. The summed E-state index contributed by atoms with van der Waals surface area (Å²) in [5, 5.41) is 12.0. The molecule has 0 aliphatic heterocycles. The number of halogens is 1. The summed E-state index contributed by atoms with van der Waals surface area (Å²) < 4.78 is 16.3. The molecule has 9 heteroatoms. The Bertz CT molecular complexity index is 1310. The summed E-state index contributed by atoms with van der Waals surface area (Å²) in [5.41, 5.74) is 2.39. The lowest BCUT2D eigenvalue weighted by molar-refractivity contribution is 0.630. The molecule has 0 bridgehead atoms. The maximum absolute atomic E-state index is 14.7. The van der Waals surface area contributed by atoms with Gasteiger partial charge in [-0.05, 0) is 34.7 Å². The number of hydrogen-bond donors (Lipinski definition) is 0. The smallest absolute Gasteiger partial charge is 0.190 e. The molecule has 0 fully saturated rings. The summed E-state index contributed by atoms with van der Waals surface area (Å²) in [5.74, 6) is 0.301. The van der Waals surface area contributed by atoms with E-state index in [2.05, 4.69) is 35.5 Å². The fraction of sp³-hybridized carbons (Fsp3) is 0. The number of benzene rings is 2. The SMILES string of the molecule is Fc1ccccc1-c1nc(-c2cnccn2)ncc1-c1nnnn1-c1ccccc1. The van der Waals surface area contributed by atoms with Gasteiger partial charge in [-0.3, -0.25) is 4.98 Å². The second kappa shape index (κ2) is 7.55. The zero-order chi connectivity index (χ0) is 20.3. The maximum Gasteiger partial charge on any atom is 0.190 e. The fourth-order valence-electron chi connectivity index (χ4n) is 3.04. The van der Waals surface area contributed by atoms with Crippen LogP contribution in [0, 0.1) is 5.82 Å². The van der Waals surface area contributed by atoms with E-state index in [-0.39, 0.29) is 0 Å². The minimum Gasteiger partial charge on any atom is -0.261 e. The summed E-state index contributed by atoms with van der Waals surface area (Å²) in [4.78, 5) is 17.3. The van der Waals surface area contributed by atoms with Crippen LogP contribution in [0.5, 0.6) is 0 Å². The van der Waals surface area contributed by atoms with E-state index in [1.54, 1.807) is 47.7 Å². The topological polar surface area (TPSA) is 95.2 Å². The van der Waals surface area contributed by atoms with Crippen LogP contribution in [0.2, 0.25) is 0 Å².